The summed E-state index contributed by atoms with van der Waals surface area (Å²) >= 11 is 0. The van der Waals surface area contributed by atoms with Gasteiger partial charge in [0.25, 0.3) is 0 Å². The van der Waals surface area contributed by atoms with E-state index < -0.39 is 0 Å². The summed E-state index contributed by atoms with van der Waals surface area (Å²) in [4.78, 5) is 16.5. The monoisotopic (exact) mass is 296 g/mol. The number of anilines is 1. The van der Waals surface area contributed by atoms with Gasteiger partial charge < -0.3 is 10.3 Å². The molecule has 0 saturated carbocycles. The molecular weight excluding hydrogens is 276 g/mol. The van der Waals surface area contributed by atoms with Gasteiger partial charge in [-0.2, -0.15) is 0 Å². The summed E-state index contributed by atoms with van der Waals surface area (Å²) in [7, 11) is 0. The van der Waals surface area contributed by atoms with Gasteiger partial charge in [-0.05, 0) is 26.0 Å². The number of nitrogens with zero attached hydrogens (tertiary/aromatic N) is 2. The minimum atomic E-state index is -0.245. The molecule has 20 heavy (non-hydrogen) atoms. The zero-order valence-electron chi connectivity index (χ0n) is 12.0. The maximum absolute atomic E-state index is 12.1. The number of carbonyl (C=O) groups is 1. The van der Waals surface area contributed by atoms with Crippen LogP contribution in [0.25, 0.3) is 11.0 Å². The molecule has 0 aliphatic carbocycles. The molecule has 0 aliphatic rings. The van der Waals surface area contributed by atoms with Crippen molar-refractivity contribution in [1.29, 1.82) is 0 Å². The highest BCUT2D eigenvalue weighted by Crippen LogP contribution is 2.19. The second-order valence-electron chi connectivity index (χ2n) is 4.81. The quantitative estimate of drug-likeness (QED) is 0.910. The van der Waals surface area contributed by atoms with Gasteiger partial charge in [-0.15, -0.1) is 12.4 Å². The standard InChI is InChI=1S/C14H20N4O.ClH/c1-4-18-12-8-6-5-7-11(12)16-14(18)17-13(19)9(2)10(3)15;/h5-10H,4,15H2,1-3H3,(H,16,17,19);1H. The number of carbonyl (C=O) groups excluding carboxylic acids is 1. The Labute approximate surface area is 125 Å². The number of nitrogens with two attached hydrogens (primary N) is 1. The van der Waals surface area contributed by atoms with Gasteiger partial charge in [-0.3, -0.25) is 10.1 Å². The average molecular weight is 297 g/mol. The molecule has 1 aromatic heterocycles. The number of aryl methyl sites for hydroxylation is 1. The van der Waals surface area contributed by atoms with E-state index >= 15 is 0 Å². The van der Waals surface area contributed by atoms with Crippen molar-refractivity contribution >= 4 is 35.3 Å². The zero-order valence-corrected chi connectivity index (χ0v) is 12.8. The van der Waals surface area contributed by atoms with Crippen LogP contribution < -0.4 is 11.1 Å². The molecule has 1 heterocycles. The summed E-state index contributed by atoms with van der Waals surface area (Å²) in [5.74, 6) is 0.242. The molecular formula is C14H21ClN4O. The third-order valence-electron chi connectivity index (χ3n) is 3.41. The number of halogens is 1. The highest BCUT2D eigenvalue weighted by atomic mass is 35.5. The average Bonchev–Trinajstić information content (AvgIpc) is 2.74. The van der Waals surface area contributed by atoms with Crippen LogP contribution in [-0.2, 0) is 11.3 Å². The maximum Gasteiger partial charge on any atom is 0.231 e. The fraction of sp³-hybridized carbons (Fsp3) is 0.429. The van der Waals surface area contributed by atoms with E-state index in [4.69, 9.17) is 5.73 Å². The van der Waals surface area contributed by atoms with Crippen molar-refractivity contribution in [2.75, 3.05) is 5.32 Å². The molecule has 2 atom stereocenters. The number of imidazole rings is 1. The van der Waals surface area contributed by atoms with E-state index in [0.717, 1.165) is 17.6 Å². The first-order chi connectivity index (χ1) is 9.04. The van der Waals surface area contributed by atoms with Crippen LogP contribution in [0.1, 0.15) is 20.8 Å². The van der Waals surface area contributed by atoms with Crippen LogP contribution in [0.3, 0.4) is 0 Å². The Morgan fingerprint density at radius 2 is 2.05 bits per heavy atom. The first-order valence-electron chi connectivity index (χ1n) is 6.56. The van der Waals surface area contributed by atoms with Crippen LogP contribution >= 0.6 is 12.4 Å². The summed E-state index contributed by atoms with van der Waals surface area (Å²) in [6.07, 6.45) is 0. The Morgan fingerprint density at radius 3 is 2.65 bits per heavy atom. The van der Waals surface area contributed by atoms with Crippen LogP contribution in [0.4, 0.5) is 5.95 Å². The van der Waals surface area contributed by atoms with Gasteiger partial charge in [0.2, 0.25) is 11.9 Å². The van der Waals surface area contributed by atoms with Crippen molar-refractivity contribution < 1.29 is 4.79 Å². The van der Waals surface area contributed by atoms with Gasteiger partial charge in [0.1, 0.15) is 0 Å². The molecule has 2 unspecified atom stereocenters. The predicted octanol–water partition coefficient (Wildman–Crippen LogP) is 2.40. The second kappa shape index (κ2) is 6.72. The predicted molar refractivity (Wildman–Crippen MR) is 84.1 cm³/mol. The smallest absolute Gasteiger partial charge is 0.231 e. The van der Waals surface area contributed by atoms with E-state index in [2.05, 4.69) is 10.3 Å². The van der Waals surface area contributed by atoms with E-state index in [-0.39, 0.29) is 30.3 Å². The van der Waals surface area contributed by atoms with E-state index in [0.29, 0.717) is 5.95 Å². The Kier molecular flexibility index (Phi) is 5.53. The van der Waals surface area contributed by atoms with E-state index in [9.17, 15) is 4.79 Å². The molecule has 1 aromatic carbocycles. The third-order valence-corrected chi connectivity index (χ3v) is 3.41. The summed E-state index contributed by atoms with van der Waals surface area (Å²) < 4.78 is 1.99. The summed E-state index contributed by atoms with van der Waals surface area (Å²) in [5, 5.41) is 2.86. The van der Waals surface area contributed by atoms with Crippen LogP contribution in [0, 0.1) is 5.92 Å². The van der Waals surface area contributed by atoms with Gasteiger partial charge in [-0.25, -0.2) is 4.98 Å². The Balaban J connectivity index is 0.00000200. The fourth-order valence-electron chi connectivity index (χ4n) is 1.95. The van der Waals surface area contributed by atoms with Gasteiger partial charge in [0.05, 0.1) is 17.0 Å². The number of nitrogens with one attached hydrogen (secondary N) is 1. The Bertz CT molecular complexity index is 594. The number of amides is 1. The van der Waals surface area contributed by atoms with Crippen LogP contribution in [0.5, 0.6) is 0 Å². The summed E-state index contributed by atoms with van der Waals surface area (Å²) in [6.45, 7) is 6.42. The van der Waals surface area contributed by atoms with Gasteiger partial charge in [0, 0.05) is 12.6 Å². The van der Waals surface area contributed by atoms with Crippen molar-refractivity contribution in [2.24, 2.45) is 11.7 Å². The lowest BCUT2D eigenvalue weighted by atomic mass is 10.0. The summed E-state index contributed by atoms with van der Waals surface area (Å²) in [5.41, 5.74) is 7.65. The number of para-hydroxylation sites is 2. The van der Waals surface area contributed by atoms with Crippen LogP contribution in [-0.4, -0.2) is 21.5 Å². The van der Waals surface area contributed by atoms with Crippen molar-refractivity contribution in [1.82, 2.24) is 9.55 Å². The zero-order chi connectivity index (χ0) is 14.0. The number of fused-ring (bicyclic) bond motifs is 1. The molecule has 0 radical (unpaired) electrons. The van der Waals surface area contributed by atoms with Gasteiger partial charge >= 0.3 is 0 Å². The molecule has 6 heteroatoms. The highest BCUT2D eigenvalue weighted by molar-refractivity contribution is 5.93. The van der Waals surface area contributed by atoms with Crippen molar-refractivity contribution in [3.8, 4) is 0 Å². The number of benzene rings is 1. The normalized spacial score (nSPS) is 13.6. The van der Waals surface area contributed by atoms with Crippen molar-refractivity contribution in [3.63, 3.8) is 0 Å². The molecule has 2 rings (SSSR count). The third kappa shape index (κ3) is 3.11. The lowest BCUT2D eigenvalue weighted by Gasteiger charge is -2.15. The van der Waals surface area contributed by atoms with Gasteiger partial charge in [0.15, 0.2) is 0 Å². The van der Waals surface area contributed by atoms with Gasteiger partial charge in [-0.1, -0.05) is 19.1 Å². The highest BCUT2D eigenvalue weighted by Gasteiger charge is 2.19. The Hall–Kier alpha value is -1.59. The molecule has 0 spiro atoms. The molecule has 2 aromatic rings. The largest absolute Gasteiger partial charge is 0.327 e. The fourth-order valence-corrected chi connectivity index (χ4v) is 1.95. The molecule has 0 fully saturated rings. The molecule has 0 bridgehead atoms. The first kappa shape index (κ1) is 16.5. The Morgan fingerprint density at radius 1 is 1.40 bits per heavy atom. The molecule has 0 aliphatic heterocycles. The molecule has 1 amide bonds. The lowest BCUT2D eigenvalue weighted by Crippen LogP contribution is -2.35. The molecule has 5 nitrogen and oxygen atoms in total. The maximum atomic E-state index is 12.1. The number of rotatable bonds is 4. The second-order valence-corrected chi connectivity index (χ2v) is 4.81. The number of hydrogen-bond donors (Lipinski definition) is 2. The van der Waals surface area contributed by atoms with Crippen LogP contribution in [0.15, 0.2) is 24.3 Å². The van der Waals surface area contributed by atoms with Crippen molar-refractivity contribution in [3.05, 3.63) is 24.3 Å². The number of hydrogen-bond acceptors (Lipinski definition) is 3. The van der Waals surface area contributed by atoms with E-state index in [1.807, 2.05) is 49.6 Å². The SMILES string of the molecule is CCn1c(NC(=O)C(C)C(C)N)nc2ccccc21.Cl. The minimum absolute atomic E-state index is 0. The minimum Gasteiger partial charge on any atom is -0.327 e. The topological polar surface area (TPSA) is 72.9 Å². The van der Waals surface area contributed by atoms with Crippen LogP contribution in [0.2, 0.25) is 0 Å². The molecule has 110 valence electrons. The first-order valence-corrected chi connectivity index (χ1v) is 6.56. The van der Waals surface area contributed by atoms with E-state index in [1.54, 1.807) is 0 Å². The van der Waals surface area contributed by atoms with Crippen molar-refractivity contribution in [2.45, 2.75) is 33.4 Å². The number of aromatic nitrogens is 2. The molecule has 3 N–H and O–H groups in total. The molecule has 0 saturated heterocycles. The lowest BCUT2D eigenvalue weighted by molar-refractivity contribution is -0.119. The summed E-state index contributed by atoms with van der Waals surface area (Å²) in [6, 6.07) is 7.65. The van der Waals surface area contributed by atoms with E-state index in [1.165, 1.54) is 0 Å².